The minimum atomic E-state index is -0.611. The first-order valence-electron chi connectivity index (χ1n) is 7.52. The molecule has 0 aliphatic carbocycles. The van der Waals surface area contributed by atoms with Gasteiger partial charge in [0.2, 0.25) is 0 Å². The van der Waals surface area contributed by atoms with Gasteiger partial charge in [0, 0.05) is 38.6 Å². The van der Waals surface area contributed by atoms with Crippen LogP contribution < -0.4 is 5.32 Å². The van der Waals surface area contributed by atoms with Crippen molar-refractivity contribution in [2.45, 2.75) is 52.2 Å². The van der Waals surface area contributed by atoms with Crippen molar-refractivity contribution in [1.82, 2.24) is 5.32 Å². The van der Waals surface area contributed by atoms with Crippen molar-refractivity contribution >= 4 is 0 Å². The van der Waals surface area contributed by atoms with E-state index in [0.29, 0.717) is 19.8 Å². The molecular weight excluding hydrogens is 250 g/mol. The highest BCUT2D eigenvalue weighted by atomic mass is 16.5. The van der Waals surface area contributed by atoms with Crippen LogP contribution in [-0.4, -0.2) is 30.5 Å². The molecule has 1 aliphatic heterocycles. The zero-order valence-corrected chi connectivity index (χ0v) is 13.1. The first-order valence-corrected chi connectivity index (χ1v) is 7.52. The SMILES string of the molecule is Cc1cc(C)c(C(C)NCC2(O)CCOCC2)cc1C. The van der Waals surface area contributed by atoms with Gasteiger partial charge in [0.1, 0.15) is 0 Å². The summed E-state index contributed by atoms with van der Waals surface area (Å²) in [6.07, 6.45) is 1.44. The Bertz CT molecular complexity index is 464. The van der Waals surface area contributed by atoms with E-state index in [9.17, 15) is 5.11 Å². The van der Waals surface area contributed by atoms with E-state index in [1.54, 1.807) is 0 Å². The monoisotopic (exact) mass is 277 g/mol. The van der Waals surface area contributed by atoms with Crippen LogP contribution in [0, 0.1) is 20.8 Å². The first-order chi connectivity index (χ1) is 9.41. The summed E-state index contributed by atoms with van der Waals surface area (Å²) in [5.74, 6) is 0. The fourth-order valence-corrected chi connectivity index (χ4v) is 2.83. The van der Waals surface area contributed by atoms with Gasteiger partial charge in [-0.2, -0.15) is 0 Å². The molecule has 1 aromatic carbocycles. The van der Waals surface area contributed by atoms with Gasteiger partial charge < -0.3 is 15.2 Å². The second kappa shape index (κ2) is 6.25. The summed E-state index contributed by atoms with van der Waals surface area (Å²) in [7, 11) is 0. The number of aryl methyl sites for hydroxylation is 3. The summed E-state index contributed by atoms with van der Waals surface area (Å²) in [6.45, 7) is 10.6. The molecule has 1 saturated heterocycles. The Balaban J connectivity index is 2.01. The van der Waals surface area contributed by atoms with E-state index < -0.39 is 5.60 Å². The summed E-state index contributed by atoms with van der Waals surface area (Å²) in [4.78, 5) is 0. The number of benzene rings is 1. The van der Waals surface area contributed by atoms with Crippen molar-refractivity contribution in [3.05, 3.63) is 34.4 Å². The Hall–Kier alpha value is -0.900. The maximum Gasteiger partial charge on any atom is 0.0815 e. The molecule has 3 nitrogen and oxygen atoms in total. The second-order valence-electron chi connectivity index (χ2n) is 6.23. The molecule has 0 spiro atoms. The highest BCUT2D eigenvalue weighted by Gasteiger charge is 2.30. The third kappa shape index (κ3) is 3.60. The number of ether oxygens (including phenoxy) is 1. The summed E-state index contributed by atoms with van der Waals surface area (Å²) in [6, 6.07) is 4.75. The maximum atomic E-state index is 10.5. The first kappa shape index (κ1) is 15.5. The molecule has 20 heavy (non-hydrogen) atoms. The Morgan fingerprint density at radius 1 is 1.15 bits per heavy atom. The molecule has 0 aromatic heterocycles. The van der Waals surface area contributed by atoms with E-state index >= 15 is 0 Å². The van der Waals surface area contributed by atoms with Gasteiger partial charge in [0.15, 0.2) is 0 Å². The van der Waals surface area contributed by atoms with Gasteiger partial charge in [-0.05, 0) is 49.9 Å². The molecule has 112 valence electrons. The van der Waals surface area contributed by atoms with E-state index in [4.69, 9.17) is 4.74 Å². The van der Waals surface area contributed by atoms with Crippen molar-refractivity contribution in [2.24, 2.45) is 0 Å². The van der Waals surface area contributed by atoms with Gasteiger partial charge >= 0.3 is 0 Å². The summed E-state index contributed by atoms with van der Waals surface area (Å²) < 4.78 is 5.32. The van der Waals surface area contributed by atoms with E-state index in [1.165, 1.54) is 22.3 Å². The molecule has 1 aromatic rings. The van der Waals surface area contributed by atoms with Crippen LogP contribution in [0.2, 0.25) is 0 Å². The van der Waals surface area contributed by atoms with Crippen molar-refractivity contribution in [2.75, 3.05) is 19.8 Å². The van der Waals surface area contributed by atoms with Crippen LogP contribution in [0.5, 0.6) is 0 Å². The highest BCUT2D eigenvalue weighted by molar-refractivity contribution is 5.38. The summed E-state index contributed by atoms with van der Waals surface area (Å²) >= 11 is 0. The van der Waals surface area contributed by atoms with Gasteiger partial charge in [-0.3, -0.25) is 0 Å². The van der Waals surface area contributed by atoms with Crippen LogP contribution in [0.25, 0.3) is 0 Å². The molecule has 0 saturated carbocycles. The Morgan fingerprint density at radius 2 is 1.75 bits per heavy atom. The van der Waals surface area contributed by atoms with Crippen molar-refractivity contribution in [1.29, 1.82) is 0 Å². The highest BCUT2D eigenvalue weighted by Crippen LogP contribution is 2.24. The van der Waals surface area contributed by atoms with Gasteiger partial charge in [0.25, 0.3) is 0 Å². The second-order valence-corrected chi connectivity index (χ2v) is 6.23. The van der Waals surface area contributed by atoms with Crippen molar-refractivity contribution < 1.29 is 9.84 Å². The number of hydrogen-bond acceptors (Lipinski definition) is 3. The normalized spacial score (nSPS) is 19.9. The van der Waals surface area contributed by atoms with Crippen LogP contribution >= 0.6 is 0 Å². The molecule has 1 heterocycles. The fourth-order valence-electron chi connectivity index (χ4n) is 2.83. The Kier molecular flexibility index (Phi) is 4.84. The zero-order chi connectivity index (χ0) is 14.8. The van der Waals surface area contributed by atoms with Gasteiger partial charge in [0.05, 0.1) is 5.60 Å². The fraction of sp³-hybridized carbons (Fsp3) is 0.647. The van der Waals surface area contributed by atoms with E-state index in [1.807, 2.05) is 0 Å². The molecule has 2 rings (SSSR count). The average Bonchev–Trinajstić information content (AvgIpc) is 2.41. The smallest absolute Gasteiger partial charge is 0.0815 e. The number of nitrogens with one attached hydrogen (secondary N) is 1. The topological polar surface area (TPSA) is 41.5 Å². The molecule has 1 atom stereocenters. The average molecular weight is 277 g/mol. The third-order valence-electron chi connectivity index (χ3n) is 4.51. The molecule has 2 N–H and O–H groups in total. The predicted molar refractivity (Wildman–Crippen MR) is 82.1 cm³/mol. The van der Waals surface area contributed by atoms with Crippen LogP contribution in [0.4, 0.5) is 0 Å². The van der Waals surface area contributed by atoms with Crippen LogP contribution in [-0.2, 0) is 4.74 Å². The van der Waals surface area contributed by atoms with E-state index in [0.717, 1.165) is 12.8 Å². The number of aliphatic hydroxyl groups is 1. The van der Waals surface area contributed by atoms with Crippen molar-refractivity contribution in [3.63, 3.8) is 0 Å². The van der Waals surface area contributed by atoms with Crippen LogP contribution in [0.3, 0.4) is 0 Å². The summed E-state index contributed by atoms with van der Waals surface area (Å²) in [5.41, 5.74) is 4.68. The van der Waals surface area contributed by atoms with E-state index in [2.05, 4.69) is 45.1 Å². The van der Waals surface area contributed by atoms with E-state index in [-0.39, 0.29) is 6.04 Å². The minimum absolute atomic E-state index is 0.251. The van der Waals surface area contributed by atoms with Gasteiger partial charge in [-0.15, -0.1) is 0 Å². The Labute approximate surface area is 122 Å². The predicted octanol–water partition coefficient (Wildman–Crippen LogP) is 2.80. The minimum Gasteiger partial charge on any atom is -0.388 e. The van der Waals surface area contributed by atoms with Gasteiger partial charge in [-0.1, -0.05) is 12.1 Å². The number of rotatable bonds is 4. The molecular formula is C17H27NO2. The molecule has 1 unspecified atom stereocenters. The van der Waals surface area contributed by atoms with Crippen LogP contribution in [0.15, 0.2) is 12.1 Å². The maximum absolute atomic E-state index is 10.5. The lowest BCUT2D eigenvalue weighted by Crippen LogP contribution is -2.45. The van der Waals surface area contributed by atoms with Crippen LogP contribution in [0.1, 0.15) is 48.1 Å². The molecule has 0 amide bonds. The number of hydrogen-bond donors (Lipinski definition) is 2. The lowest BCUT2D eigenvalue weighted by Gasteiger charge is -2.33. The Morgan fingerprint density at radius 3 is 2.40 bits per heavy atom. The lowest BCUT2D eigenvalue weighted by atomic mass is 9.92. The third-order valence-corrected chi connectivity index (χ3v) is 4.51. The van der Waals surface area contributed by atoms with Gasteiger partial charge in [-0.25, -0.2) is 0 Å². The molecule has 1 aliphatic rings. The zero-order valence-electron chi connectivity index (χ0n) is 13.1. The van der Waals surface area contributed by atoms with Crippen molar-refractivity contribution in [3.8, 4) is 0 Å². The molecule has 0 bridgehead atoms. The lowest BCUT2D eigenvalue weighted by molar-refractivity contribution is -0.0626. The molecule has 3 heteroatoms. The largest absolute Gasteiger partial charge is 0.388 e. The standard InChI is InChI=1S/C17H27NO2/c1-12-9-14(3)16(10-13(12)2)15(4)18-11-17(19)5-7-20-8-6-17/h9-10,15,18-19H,5-8,11H2,1-4H3. The molecule has 0 radical (unpaired) electrons. The quantitative estimate of drug-likeness (QED) is 0.889. The summed E-state index contributed by atoms with van der Waals surface area (Å²) in [5, 5.41) is 14.0. The molecule has 1 fully saturated rings.